The first-order valence-electron chi connectivity index (χ1n) is 8.29. The number of nitrogens with one attached hydrogen (secondary N) is 1. The summed E-state index contributed by atoms with van der Waals surface area (Å²) in [5, 5.41) is 4.86. The van der Waals surface area contributed by atoms with Crippen molar-refractivity contribution in [2.75, 3.05) is 5.32 Å². The van der Waals surface area contributed by atoms with Crippen molar-refractivity contribution in [1.82, 2.24) is 9.97 Å². The predicted molar refractivity (Wildman–Crippen MR) is 97.1 cm³/mol. The fraction of sp³-hybridized carbons (Fsp3) is 0.368. The Morgan fingerprint density at radius 2 is 2.04 bits per heavy atom. The van der Waals surface area contributed by atoms with Crippen LogP contribution in [-0.2, 0) is 12.8 Å². The first-order chi connectivity index (χ1) is 11.2. The van der Waals surface area contributed by atoms with Crippen LogP contribution in [0.25, 0.3) is 10.2 Å². The summed E-state index contributed by atoms with van der Waals surface area (Å²) >= 11 is 1.85. The average molecular weight is 323 g/mol. The lowest BCUT2D eigenvalue weighted by atomic mass is 9.89. The van der Waals surface area contributed by atoms with E-state index in [9.17, 15) is 0 Å². The second kappa shape index (κ2) is 5.93. The van der Waals surface area contributed by atoms with Gasteiger partial charge in [0.15, 0.2) is 0 Å². The predicted octanol–water partition coefficient (Wildman–Crippen LogP) is 4.99. The number of rotatable bonds is 3. The molecule has 0 radical (unpaired) electrons. The minimum atomic E-state index is 0.229. The Kier molecular flexibility index (Phi) is 3.77. The maximum Gasteiger partial charge on any atom is 0.138 e. The molecule has 2 aromatic heterocycles. The van der Waals surface area contributed by atoms with Crippen LogP contribution in [-0.4, -0.2) is 9.97 Å². The minimum Gasteiger partial charge on any atom is -0.363 e. The van der Waals surface area contributed by atoms with E-state index in [0.717, 1.165) is 23.0 Å². The number of hydrogen-bond donors (Lipinski definition) is 1. The van der Waals surface area contributed by atoms with E-state index in [1.54, 1.807) is 6.33 Å². The van der Waals surface area contributed by atoms with Gasteiger partial charge in [-0.2, -0.15) is 0 Å². The van der Waals surface area contributed by atoms with Crippen molar-refractivity contribution in [3.8, 4) is 0 Å². The molecular formula is C19H21N3S. The van der Waals surface area contributed by atoms with Crippen molar-refractivity contribution in [3.05, 3.63) is 52.7 Å². The number of hydrogen-bond acceptors (Lipinski definition) is 4. The van der Waals surface area contributed by atoms with Crippen LogP contribution in [0.2, 0.25) is 0 Å². The molecule has 0 unspecified atom stereocenters. The Labute approximate surface area is 140 Å². The maximum atomic E-state index is 4.56. The van der Waals surface area contributed by atoms with Gasteiger partial charge in [0.25, 0.3) is 0 Å². The van der Waals surface area contributed by atoms with E-state index >= 15 is 0 Å². The first kappa shape index (κ1) is 14.6. The summed E-state index contributed by atoms with van der Waals surface area (Å²) < 4.78 is 0. The molecule has 3 aromatic rings. The van der Waals surface area contributed by atoms with Crippen molar-refractivity contribution in [2.24, 2.45) is 5.92 Å². The Morgan fingerprint density at radius 3 is 2.87 bits per heavy atom. The Hall–Kier alpha value is -1.94. The highest BCUT2D eigenvalue weighted by Crippen LogP contribution is 2.40. The van der Waals surface area contributed by atoms with Gasteiger partial charge >= 0.3 is 0 Å². The highest BCUT2D eigenvalue weighted by atomic mass is 32.1. The molecule has 1 aromatic carbocycles. The minimum absolute atomic E-state index is 0.229. The molecule has 0 spiro atoms. The number of nitrogens with zero attached hydrogens (tertiary/aromatic N) is 2. The van der Waals surface area contributed by atoms with Crippen molar-refractivity contribution in [1.29, 1.82) is 0 Å². The van der Waals surface area contributed by atoms with E-state index in [4.69, 9.17) is 0 Å². The van der Waals surface area contributed by atoms with Crippen molar-refractivity contribution >= 4 is 27.4 Å². The number of aromatic nitrogens is 2. The zero-order chi connectivity index (χ0) is 15.8. The van der Waals surface area contributed by atoms with Crippen LogP contribution in [0.5, 0.6) is 0 Å². The molecule has 23 heavy (non-hydrogen) atoms. The van der Waals surface area contributed by atoms with Gasteiger partial charge in [-0.15, -0.1) is 11.3 Å². The van der Waals surface area contributed by atoms with E-state index in [0.29, 0.717) is 0 Å². The van der Waals surface area contributed by atoms with Crippen LogP contribution in [0.1, 0.15) is 42.3 Å². The zero-order valence-electron chi connectivity index (χ0n) is 13.5. The second-order valence-corrected chi connectivity index (χ2v) is 7.61. The molecule has 0 saturated heterocycles. The van der Waals surface area contributed by atoms with E-state index in [1.807, 2.05) is 11.3 Å². The molecule has 0 bridgehead atoms. The number of anilines is 1. The first-order valence-corrected chi connectivity index (χ1v) is 9.10. The molecule has 2 atom stereocenters. The standard InChI is InChI=1S/C19H21N3S/c1-12-8-9-15-16(10-12)23-19-17(15)18(20-11-21-19)22-13(2)14-6-4-3-5-7-14/h3-7,11-13H,8-10H2,1-2H3,(H,20,21,22)/t12-,13-/m0/s1. The number of fused-ring (bicyclic) bond motifs is 3. The molecule has 118 valence electrons. The van der Waals surface area contributed by atoms with Gasteiger partial charge in [-0.05, 0) is 43.2 Å². The van der Waals surface area contributed by atoms with Crippen molar-refractivity contribution in [2.45, 2.75) is 39.2 Å². The molecule has 0 saturated carbocycles. The summed E-state index contributed by atoms with van der Waals surface area (Å²) in [5.41, 5.74) is 2.75. The highest BCUT2D eigenvalue weighted by molar-refractivity contribution is 7.19. The fourth-order valence-electron chi connectivity index (χ4n) is 3.41. The molecule has 1 aliphatic rings. The van der Waals surface area contributed by atoms with Gasteiger partial charge in [-0.25, -0.2) is 9.97 Å². The van der Waals surface area contributed by atoms with Crippen LogP contribution in [0.4, 0.5) is 5.82 Å². The summed E-state index contributed by atoms with van der Waals surface area (Å²) in [6.45, 7) is 4.53. The van der Waals surface area contributed by atoms with Gasteiger partial charge < -0.3 is 5.32 Å². The van der Waals surface area contributed by atoms with Gasteiger partial charge in [0, 0.05) is 10.9 Å². The van der Waals surface area contributed by atoms with E-state index in [2.05, 4.69) is 59.5 Å². The molecule has 1 aliphatic carbocycles. The van der Waals surface area contributed by atoms with Crippen LogP contribution in [0.3, 0.4) is 0 Å². The smallest absolute Gasteiger partial charge is 0.138 e. The molecule has 0 fully saturated rings. The molecule has 3 nitrogen and oxygen atoms in total. The molecular weight excluding hydrogens is 302 g/mol. The quantitative estimate of drug-likeness (QED) is 0.738. The summed E-state index contributed by atoms with van der Waals surface area (Å²) in [4.78, 5) is 11.7. The van der Waals surface area contributed by atoms with Crippen LogP contribution in [0.15, 0.2) is 36.7 Å². The topological polar surface area (TPSA) is 37.8 Å². The normalized spacial score (nSPS) is 18.6. The maximum absolute atomic E-state index is 4.56. The third kappa shape index (κ3) is 2.72. The average Bonchev–Trinajstić information content (AvgIpc) is 2.94. The van der Waals surface area contributed by atoms with Crippen molar-refractivity contribution in [3.63, 3.8) is 0 Å². The fourth-order valence-corrected chi connectivity index (χ4v) is 4.77. The van der Waals surface area contributed by atoms with Crippen LogP contribution in [0, 0.1) is 5.92 Å². The Bertz CT molecular complexity index is 825. The van der Waals surface area contributed by atoms with Gasteiger partial charge in [0.1, 0.15) is 17.0 Å². The lowest BCUT2D eigenvalue weighted by Crippen LogP contribution is -2.11. The second-order valence-electron chi connectivity index (χ2n) is 6.53. The molecule has 1 N–H and O–H groups in total. The summed E-state index contributed by atoms with van der Waals surface area (Å²) in [7, 11) is 0. The Balaban J connectivity index is 1.73. The highest BCUT2D eigenvalue weighted by Gasteiger charge is 2.23. The molecule has 0 aliphatic heterocycles. The lowest BCUT2D eigenvalue weighted by molar-refractivity contribution is 0.509. The van der Waals surface area contributed by atoms with Gasteiger partial charge in [0.05, 0.1) is 5.39 Å². The van der Waals surface area contributed by atoms with E-state index < -0.39 is 0 Å². The molecule has 2 heterocycles. The summed E-state index contributed by atoms with van der Waals surface area (Å²) in [6.07, 6.45) is 5.29. The lowest BCUT2D eigenvalue weighted by Gasteiger charge is -2.19. The van der Waals surface area contributed by atoms with E-state index in [1.165, 1.54) is 34.2 Å². The van der Waals surface area contributed by atoms with Gasteiger partial charge in [-0.3, -0.25) is 0 Å². The third-order valence-corrected chi connectivity index (χ3v) is 5.91. The number of aryl methyl sites for hydroxylation is 1. The van der Waals surface area contributed by atoms with Gasteiger partial charge in [0.2, 0.25) is 0 Å². The van der Waals surface area contributed by atoms with E-state index in [-0.39, 0.29) is 6.04 Å². The largest absolute Gasteiger partial charge is 0.363 e. The number of benzene rings is 1. The summed E-state index contributed by atoms with van der Waals surface area (Å²) in [5.74, 6) is 1.77. The van der Waals surface area contributed by atoms with Crippen LogP contribution >= 0.6 is 11.3 Å². The van der Waals surface area contributed by atoms with Crippen LogP contribution < -0.4 is 5.32 Å². The van der Waals surface area contributed by atoms with Crippen molar-refractivity contribution < 1.29 is 0 Å². The Morgan fingerprint density at radius 1 is 1.22 bits per heavy atom. The molecule has 0 amide bonds. The summed E-state index contributed by atoms with van der Waals surface area (Å²) in [6, 6.07) is 10.7. The SMILES string of the molecule is C[C@H]1CCc2c(sc3ncnc(N[C@@H](C)c4ccccc4)c23)C1. The monoisotopic (exact) mass is 323 g/mol. The third-order valence-electron chi connectivity index (χ3n) is 4.74. The molecule has 4 heteroatoms. The van der Waals surface area contributed by atoms with Gasteiger partial charge in [-0.1, -0.05) is 37.3 Å². The molecule has 4 rings (SSSR count). The number of thiophene rings is 1. The zero-order valence-corrected chi connectivity index (χ0v) is 14.4.